The van der Waals surface area contributed by atoms with Crippen LogP contribution in [0.2, 0.25) is 0 Å². The van der Waals surface area contributed by atoms with E-state index in [1.807, 2.05) is 0 Å². The van der Waals surface area contributed by atoms with Gasteiger partial charge in [0.15, 0.2) is 0 Å². The molecule has 0 fully saturated rings. The second kappa shape index (κ2) is 6.04. The van der Waals surface area contributed by atoms with Crippen LogP contribution in [0.15, 0.2) is 28.4 Å². The summed E-state index contributed by atoms with van der Waals surface area (Å²) in [7, 11) is 0. The van der Waals surface area contributed by atoms with Gasteiger partial charge in [0, 0.05) is 23.8 Å². The maximum atomic E-state index is 11.7. The predicted octanol–water partition coefficient (Wildman–Crippen LogP) is 0.0599. The molecule has 0 spiro atoms. The van der Waals surface area contributed by atoms with Gasteiger partial charge >= 0.3 is 0 Å². The summed E-state index contributed by atoms with van der Waals surface area (Å²) in [5, 5.41) is 26.1. The minimum absolute atomic E-state index is 0.0555. The van der Waals surface area contributed by atoms with Gasteiger partial charge in [-0.05, 0) is 19.1 Å². The first-order valence-corrected chi connectivity index (χ1v) is 6.15. The van der Waals surface area contributed by atoms with Crippen LogP contribution in [0.1, 0.15) is 18.9 Å². The van der Waals surface area contributed by atoms with E-state index >= 15 is 0 Å². The van der Waals surface area contributed by atoms with Crippen LogP contribution >= 0.6 is 0 Å². The fourth-order valence-electron chi connectivity index (χ4n) is 1.78. The fraction of sp³-hybridized carbons (Fsp3) is 0.231. The normalized spacial score (nSPS) is 17.7. The Labute approximate surface area is 120 Å². The van der Waals surface area contributed by atoms with Gasteiger partial charge in [-0.15, -0.1) is 0 Å². The smallest absolute Gasteiger partial charge is 0.249 e. The molecule has 8 heteroatoms. The van der Waals surface area contributed by atoms with E-state index in [2.05, 4.69) is 21.1 Å². The largest absolute Gasteiger partial charge is 0.508 e. The maximum Gasteiger partial charge on any atom is 0.249 e. The van der Waals surface area contributed by atoms with Crippen LogP contribution in [-0.2, 0) is 9.59 Å². The first-order valence-electron chi connectivity index (χ1n) is 6.15. The van der Waals surface area contributed by atoms with Gasteiger partial charge in [-0.3, -0.25) is 9.59 Å². The maximum absolute atomic E-state index is 11.7. The summed E-state index contributed by atoms with van der Waals surface area (Å²) in [5.41, 5.74) is 5.44. The van der Waals surface area contributed by atoms with Crippen molar-refractivity contribution in [1.29, 1.82) is 0 Å². The summed E-state index contributed by atoms with van der Waals surface area (Å²) in [6.07, 6.45) is 1.18. The molecule has 0 radical (unpaired) electrons. The number of hydrogen-bond acceptors (Lipinski definition) is 6. The second-order valence-electron chi connectivity index (χ2n) is 4.52. The number of carbonyl (C=O) groups excluding carboxylic acids is 2. The van der Waals surface area contributed by atoms with E-state index in [0.717, 1.165) is 6.07 Å². The van der Waals surface area contributed by atoms with Crippen molar-refractivity contribution in [1.82, 2.24) is 10.9 Å². The first kappa shape index (κ1) is 14.5. The molecule has 21 heavy (non-hydrogen) atoms. The van der Waals surface area contributed by atoms with Crippen molar-refractivity contribution >= 4 is 23.7 Å². The topological polar surface area (TPSA) is 123 Å². The Morgan fingerprint density at radius 2 is 2.29 bits per heavy atom. The highest BCUT2D eigenvalue weighted by Crippen LogP contribution is 2.20. The summed E-state index contributed by atoms with van der Waals surface area (Å²) in [6.45, 7) is 1.66. The predicted molar refractivity (Wildman–Crippen MR) is 74.9 cm³/mol. The average molecular weight is 290 g/mol. The molecule has 1 unspecified atom stereocenters. The molecule has 2 rings (SSSR count). The number of phenols is 2. The van der Waals surface area contributed by atoms with Crippen molar-refractivity contribution in [3.63, 3.8) is 0 Å². The molecule has 1 heterocycles. The number of hydrazone groups is 2. The molecule has 0 saturated heterocycles. The van der Waals surface area contributed by atoms with Crippen molar-refractivity contribution in [3.8, 4) is 11.5 Å². The first-order chi connectivity index (χ1) is 9.97. The number of hydrogen-bond donors (Lipinski definition) is 4. The number of nitrogens with one attached hydrogen (secondary N) is 2. The van der Waals surface area contributed by atoms with Gasteiger partial charge in [-0.1, -0.05) is 0 Å². The van der Waals surface area contributed by atoms with Crippen molar-refractivity contribution in [2.75, 3.05) is 0 Å². The van der Waals surface area contributed by atoms with E-state index < -0.39 is 11.8 Å². The van der Waals surface area contributed by atoms with Gasteiger partial charge < -0.3 is 10.2 Å². The molecule has 0 bridgehead atoms. The summed E-state index contributed by atoms with van der Waals surface area (Å²) in [5.74, 6) is -1.58. The molecular formula is C13H14N4O4. The molecule has 1 aromatic carbocycles. The molecule has 0 aromatic heterocycles. The zero-order chi connectivity index (χ0) is 15.4. The van der Waals surface area contributed by atoms with Crippen LogP contribution in [0, 0.1) is 5.92 Å². The highest BCUT2D eigenvalue weighted by molar-refractivity contribution is 6.09. The molecule has 1 aliphatic rings. The van der Waals surface area contributed by atoms with Gasteiger partial charge in [-0.25, -0.2) is 10.9 Å². The third-order valence-electron chi connectivity index (χ3n) is 2.96. The van der Waals surface area contributed by atoms with E-state index in [0.29, 0.717) is 11.3 Å². The Morgan fingerprint density at radius 3 is 2.90 bits per heavy atom. The molecule has 1 aromatic rings. The van der Waals surface area contributed by atoms with Crippen LogP contribution < -0.4 is 10.9 Å². The average Bonchev–Trinajstić information content (AvgIpc) is 2.73. The number of aromatic hydroxyl groups is 2. The lowest BCUT2D eigenvalue weighted by molar-refractivity contribution is -0.127. The van der Waals surface area contributed by atoms with Crippen LogP contribution in [0.25, 0.3) is 0 Å². The number of amides is 2. The number of benzene rings is 1. The molecule has 0 aliphatic carbocycles. The molecule has 1 aliphatic heterocycles. The summed E-state index contributed by atoms with van der Waals surface area (Å²) < 4.78 is 0. The highest BCUT2D eigenvalue weighted by atomic mass is 16.3. The monoisotopic (exact) mass is 290 g/mol. The molecular weight excluding hydrogens is 276 g/mol. The Bertz CT molecular complexity index is 639. The Balaban J connectivity index is 1.90. The van der Waals surface area contributed by atoms with Crippen LogP contribution in [0.4, 0.5) is 0 Å². The number of phenolic OH excluding ortho intramolecular Hbond substituents is 2. The lowest BCUT2D eigenvalue weighted by Gasteiger charge is -2.05. The summed E-state index contributed by atoms with van der Waals surface area (Å²) in [4.78, 5) is 23.0. The molecule has 4 N–H and O–H groups in total. The number of carbonyl (C=O) groups is 2. The van der Waals surface area contributed by atoms with Crippen LogP contribution in [0.3, 0.4) is 0 Å². The number of rotatable bonds is 4. The quantitative estimate of drug-likeness (QED) is 0.462. The van der Waals surface area contributed by atoms with Crippen LogP contribution in [-0.4, -0.2) is 34.0 Å². The molecule has 1 atom stereocenters. The van der Waals surface area contributed by atoms with E-state index in [1.165, 1.54) is 18.3 Å². The highest BCUT2D eigenvalue weighted by Gasteiger charge is 2.28. The van der Waals surface area contributed by atoms with Gasteiger partial charge in [0.05, 0.1) is 12.1 Å². The minimum Gasteiger partial charge on any atom is -0.508 e. The molecule has 110 valence electrons. The van der Waals surface area contributed by atoms with Crippen molar-refractivity contribution in [2.24, 2.45) is 16.1 Å². The Hall–Kier alpha value is -2.90. The van der Waals surface area contributed by atoms with Gasteiger partial charge in [0.2, 0.25) is 11.8 Å². The van der Waals surface area contributed by atoms with E-state index in [1.54, 1.807) is 6.92 Å². The molecule has 8 nitrogen and oxygen atoms in total. The standard InChI is InChI=1S/C13H14N4O4/c1-7-10(13(21)17-15-7)5-12(20)16-14-6-8-2-3-9(18)4-11(8)19/h2-4,6,10,18-19H,5H2,1H3,(H,16,20)(H,17,21). The lowest BCUT2D eigenvalue weighted by atomic mass is 10.0. The fourth-order valence-corrected chi connectivity index (χ4v) is 1.78. The zero-order valence-electron chi connectivity index (χ0n) is 11.2. The summed E-state index contributed by atoms with van der Waals surface area (Å²) in [6, 6.07) is 3.99. The van der Waals surface area contributed by atoms with E-state index in [4.69, 9.17) is 5.11 Å². The Morgan fingerprint density at radius 1 is 1.52 bits per heavy atom. The number of nitrogens with zero attached hydrogens (tertiary/aromatic N) is 2. The van der Waals surface area contributed by atoms with Crippen LogP contribution in [0.5, 0.6) is 11.5 Å². The third-order valence-corrected chi connectivity index (χ3v) is 2.96. The molecule has 0 saturated carbocycles. The van der Waals surface area contributed by atoms with Gasteiger partial charge in [0.25, 0.3) is 0 Å². The van der Waals surface area contributed by atoms with Crippen molar-refractivity contribution in [2.45, 2.75) is 13.3 Å². The van der Waals surface area contributed by atoms with Gasteiger partial charge in [-0.2, -0.15) is 10.2 Å². The molecule has 2 amide bonds. The minimum atomic E-state index is -0.581. The zero-order valence-corrected chi connectivity index (χ0v) is 11.2. The third kappa shape index (κ3) is 3.56. The second-order valence-corrected chi connectivity index (χ2v) is 4.52. The van der Waals surface area contributed by atoms with Crippen molar-refractivity contribution in [3.05, 3.63) is 23.8 Å². The van der Waals surface area contributed by atoms with Gasteiger partial charge in [0.1, 0.15) is 11.5 Å². The Kier molecular flexibility index (Phi) is 4.17. The van der Waals surface area contributed by atoms with Crippen molar-refractivity contribution < 1.29 is 19.8 Å². The lowest BCUT2D eigenvalue weighted by Crippen LogP contribution is -2.29. The van der Waals surface area contributed by atoms with E-state index in [9.17, 15) is 14.7 Å². The SMILES string of the molecule is CC1=NNC(=O)C1CC(=O)NN=Cc1ccc(O)cc1O. The summed E-state index contributed by atoms with van der Waals surface area (Å²) >= 11 is 0. The van der Waals surface area contributed by atoms with E-state index in [-0.39, 0.29) is 23.8 Å².